The lowest BCUT2D eigenvalue weighted by molar-refractivity contribution is 0.118. The first-order chi connectivity index (χ1) is 7.16. The molecule has 0 radical (unpaired) electrons. The van der Waals surface area contributed by atoms with Crippen molar-refractivity contribution in [3.63, 3.8) is 0 Å². The molecule has 1 aliphatic carbocycles. The number of aliphatic hydroxyl groups excluding tert-OH is 1. The molecule has 0 saturated carbocycles. The molecule has 0 aromatic heterocycles. The minimum atomic E-state index is -0.196. The Bertz CT molecular complexity index is 335. The van der Waals surface area contributed by atoms with Crippen LogP contribution in [0.5, 0.6) is 0 Å². The summed E-state index contributed by atoms with van der Waals surface area (Å²) in [5, 5.41) is 9.84. The summed E-state index contributed by atoms with van der Waals surface area (Å²) in [6.45, 7) is 0.763. The Morgan fingerprint density at radius 1 is 1.40 bits per heavy atom. The maximum Gasteiger partial charge on any atom is 0.0672 e. The smallest absolute Gasteiger partial charge is 0.0672 e. The van der Waals surface area contributed by atoms with Gasteiger partial charge >= 0.3 is 0 Å². The van der Waals surface area contributed by atoms with Gasteiger partial charge in [0.05, 0.1) is 6.10 Å². The Morgan fingerprint density at radius 2 is 2.13 bits per heavy atom. The summed E-state index contributed by atoms with van der Waals surface area (Å²) in [5.41, 5.74) is 2.90. The van der Waals surface area contributed by atoms with Crippen LogP contribution in [0.1, 0.15) is 23.5 Å². The maximum absolute atomic E-state index is 9.84. The highest BCUT2D eigenvalue weighted by Gasteiger charge is 2.27. The van der Waals surface area contributed by atoms with E-state index in [0.717, 1.165) is 19.4 Å². The van der Waals surface area contributed by atoms with E-state index in [9.17, 15) is 5.11 Å². The number of rotatable bonds is 4. The van der Waals surface area contributed by atoms with Crippen LogP contribution in [0.25, 0.3) is 0 Å². The summed E-state index contributed by atoms with van der Waals surface area (Å²) in [6.07, 6.45) is 1.84. The Hall–Kier alpha value is -0.860. The first-order valence-corrected chi connectivity index (χ1v) is 5.57. The summed E-state index contributed by atoms with van der Waals surface area (Å²) in [4.78, 5) is 2.04. The Morgan fingerprint density at radius 3 is 2.80 bits per heavy atom. The van der Waals surface area contributed by atoms with Crippen LogP contribution in [0.4, 0.5) is 0 Å². The fourth-order valence-electron chi connectivity index (χ4n) is 2.40. The van der Waals surface area contributed by atoms with Gasteiger partial charge in [0.25, 0.3) is 0 Å². The van der Waals surface area contributed by atoms with Crippen molar-refractivity contribution in [2.75, 3.05) is 20.6 Å². The van der Waals surface area contributed by atoms with Crippen LogP contribution < -0.4 is 0 Å². The molecule has 2 atom stereocenters. The molecule has 2 rings (SSSR count). The molecule has 0 aliphatic heterocycles. The molecule has 0 heterocycles. The van der Waals surface area contributed by atoms with Crippen molar-refractivity contribution in [1.82, 2.24) is 4.90 Å². The summed E-state index contributed by atoms with van der Waals surface area (Å²) >= 11 is 0. The molecule has 1 aliphatic rings. The molecule has 0 fully saturated rings. The van der Waals surface area contributed by atoms with Crippen molar-refractivity contribution in [3.05, 3.63) is 35.4 Å². The van der Waals surface area contributed by atoms with E-state index in [-0.39, 0.29) is 6.10 Å². The zero-order valence-corrected chi connectivity index (χ0v) is 9.48. The Kier molecular flexibility index (Phi) is 3.08. The highest BCUT2D eigenvalue weighted by atomic mass is 16.3. The van der Waals surface area contributed by atoms with Crippen molar-refractivity contribution in [2.24, 2.45) is 0 Å². The zero-order chi connectivity index (χ0) is 10.8. The minimum Gasteiger partial charge on any atom is -0.392 e. The van der Waals surface area contributed by atoms with E-state index in [1.165, 1.54) is 11.1 Å². The van der Waals surface area contributed by atoms with Crippen LogP contribution in [-0.2, 0) is 6.42 Å². The molecule has 2 heteroatoms. The van der Waals surface area contributed by atoms with Crippen LogP contribution in [0, 0.1) is 0 Å². The average Bonchev–Trinajstić information content (AvgIpc) is 2.13. The van der Waals surface area contributed by atoms with E-state index in [2.05, 4.69) is 24.3 Å². The normalized spacial score (nSPS) is 20.9. The van der Waals surface area contributed by atoms with Crippen molar-refractivity contribution >= 4 is 0 Å². The number of fused-ring (bicyclic) bond motifs is 1. The summed E-state index contributed by atoms with van der Waals surface area (Å²) < 4.78 is 0. The highest BCUT2D eigenvalue weighted by molar-refractivity contribution is 5.39. The van der Waals surface area contributed by atoms with Gasteiger partial charge in [0.1, 0.15) is 0 Å². The molecule has 0 amide bonds. The maximum atomic E-state index is 9.84. The minimum absolute atomic E-state index is 0.196. The van der Waals surface area contributed by atoms with Crippen LogP contribution in [-0.4, -0.2) is 36.8 Å². The van der Waals surface area contributed by atoms with E-state index in [1.807, 2.05) is 19.0 Å². The Balaban J connectivity index is 1.89. The molecular weight excluding hydrogens is 186 g/mol. The first-order valence-electron chi connectivity index (χ1n) is 5.57. The van der Waals surface area contributed by atoms with E-state index in [0.29, 0.717) is 5.92 Å². The van der Waals surface area contributed by atoms with Gasteiger partial charge in [0.15, 0.2) is 0 Å². The summed E-state index contributed by atoms with van der Waals surface area (Å²) in [5.74, 6) is 0.580. The standard InChI is InChI=1S/C13H19NO/c1-14(2)9-12(15)8-11-7-10-5-3-4-6-13(10)11/h3-6,11-12,15H,7-9H2,1-2H3. The number of likely N-dealkylation sites (N-methyl/N-ethyl adjacent to an activating group) is 1. The molecule has 82 valence electrons. The molecule has 0 bridgehead atoms. The molecule has 1 aromatic carbocycles. The van der Waals surface area contributed by atoms with Crippen LogP contribution in [0.15, 0.2) is 24.3 Å². The molecule has 2 unspecified atom stereocenters. The van der Waals surface area contributed by atoms with Gasteiger partial charge in [0, 0.05) is 6.54 Å². The van der Waals surface area contributed by atoms with Crippen molar-refractivity contribution in [1.29, 1.82) is 0 Å². The molecule has 15 heavy (non-hydrogen) atoms. The predicted molar refractivity (Wildman–Crippen MR) is 62.1 cm³/mol. The quantitative estimate of drug-likeness (QED) is 0.807. The Labute approximate surface area is 91.5 Å². The second-order valence-electron chi connectivity index (χ2n) is 4.75. The van der Waals surface area contributed by atoms with Gasteiger partial charge in [-0.25, -0.2) is 0 Å². The van der Waals surface area contributed by atoms with Gasteiger partial charge in [-0.3, -0.25) is 0 Å². The summed E-state index contributed by atoms with van der Waals surface area (Å²) in [6, 6.07) is 8.55. The van der Waals surface area contributed by atoms with E-state index in [1.54, 1.807) is 0 Å². The fourth-order valence-corrected chi connectivity index (χ4v) is 2.40. The summed E-state index contributed by atoms with van der Waals surface area (Å²) in [7, 11) is 4.00. The third-order valence-corrected chi connectivity index (χ3v) is 3.09. The lowest BCUT2D eigenvalue weighted by Crippen LogP contribution is -2.30. The largest absolute Gasteiger partial charge is 0.392 e. The monoisotopic (exact) mass is 205 g/mol. The molecular formula is C13H19NO. The zero-order valence-electron chi connectivity index (χ0n) is 9.48. The molecule has 2 nitrogen and oxygen atoms in total. The van der Waals surface area contributed by atoms with Gasteiger partial charge in [-0.15, -0.1) is 0 Å². The second-order valence-corrected chi connectivity index (χ2v) is 4.75. The van der Waals surface area contributed by atoms with Gasteiger partial charge in [-0.05, 0) is 44.0 Å². The molecule has 0 spiro atoms. The number of hydrogen-bond acceptors (Lipinski definition) is 2. The van der Waals surface area contributed by atoms with Gasteiger partial charge in [0.2, 0.25) is 0 Å². The second kappa shape index (κ2) is 4.33. The molecule has 1 N–H and O–H groups in total. The fraction of sp³-hybridized carbons (Fsp3) is 0.538. The first kappa shape index (κ1) is 10.7. The van der Waals surface area contributed by atoms with Gasteiger partial charge in [-0.1, -0.05) is 24.3 Å². The average molecular weight is 205 g/mol. The third kappa shape index (κ3) is 2.39. The van der Waals surface area contributed by atoms with E-state index in [4.69, 9.17) is 0 Å². The number of aliphatic hydroxyl groups is 1. The number of benzene rings is 1. The van der Waals surface area contributed by atoms with Gasteiger partial charge in [-0.2, -0.15) is 0 Å². The van der Waals surface area contributed by atoms with Crippen molar-refractivity contribution in [2.45, 2.75) is 24.9 Å². The topological polar surface area (TPSA) is 23.5 Å². The number of nitrogens with zero attached hydrogens (tertiary/aromatic N) is 1. The lowest BCUT2D eigenvalue weighted by atomic mass is 9.75. The van der Waals surface area contributed by atoms with Gasteiger partial charge < -0.3 is 10.0 Å². The highest BCUT2D eigenvalue weighted by Crippen LogP contribution is 2.37. The molecule has 0 saturated heterocycles. The predicted octanol–water partition coefficient (Wildman–Crippen LogP) is 1.64. The molecule has 1 aromatic rings. The van der Waals surface area contributed by atoms with E-state index >= 15 is 0 Å². The lowest BCUT2D eigenvalue weighted by Gasteiger charge is -2.32. The van der Waals surface area contributed by atoms with Crippen LogP contribution in [0.3, 0.4) is 0 Å². The SMILES string of the molecule is CN(C)CC(O)CC1Cc2ccccc21. The van der Waals surface area contributed by atoms with E-state index < -0.39 is 0 Å². The van der Waals surface area contributed by atoms with Crippen molar-refractivity contribution in [3.8, 4) is 0 Å². The van der Waals surface area contributed by atoms with Crippen LogP contribution in [0.2, 0.25) is 0 Å². The third-order valence-electron chi connectivity index (χ3n) is 3.09. The van der Waals surface area contributed by atoms with Crippen LogP contribution >= 0.6 is 0 Å². The van der Waals surface area contributed by atoms with Crippen molar-refractivity contribution < 1.29 is 5.11 Å². The number of hydrogen-bond donors (Lipinski definition) is 1.